The second-order valence-corrected chi connectivity index (χ2v) is 4.71. The van der Waals surface area contributed by atoms with E-state index in [0.29, 0.717) is 25.5 Å². The molecule has 1 aromatic rings. The highest BCUT2D eigenvalue weighted by molar-refractivity contribution is 5.70. The van der Waals surface area contributed by atoms with E-state index < -0.39 is 0 Å². The van der Waals surface area contributed by atoms with E-state index in [1.807, 2.05) is 24.3 Å². The van der Waals surface area contributed by atoms with E-state index in [1.54, 1.807) is 6.92 Å². The van der Waals surface area contributed by atoms with Crippen molar-refractivity contribution in [1.82, 2.24) is 0 Å². The number of nitrogens with one attached hydrogen (secondary N) is 1. The molecular formula is C15H23NO3. The lowest BCUT2D eigenvalue weighted by atomic mass is 10.2. The van der Waals surface area contributed by atoms with Gasteiger partial charge in [-0.3, -0.25) is 4.79 Å². The summed E-state index contributed by atoms with van der Waals surface area (Å²) >= 11 is 0. The molecule has 0 heterocycles. The third kappa shape index (κ3) is 6.70. The van der Waals surface area contributed by atoms with Gasteiger partial charge in [-0.1, -0.05) is 13.8 Å². The lowest BCUT2D eigenvalue weighted by Gasteiger charge is -2.10. The summed E-state index contributed by atoms with van der Waals surface area (Å²) in [6.07, 6.45) is 0.374. The molecule has 0 aromatic heterocycles. The first-order valence-corrected chi connectivity index (χ1v) is 6.74. The molecule has 19 heavy (non-hydrogen) atoms. The van der Waals surface area contributed by atoms with Gasteiger partial charge in [-0.15, -0.1) is 0 Å². The molecule has 0 saturated carbocycles. The smallest absolute Gasteiger partial charge is 0.307 e. The molecule has 4 heteroatoms. The lowest BCUT2D eigenvalue weighted by Crippen LogP contribution is -2.11. The van der Waals surface area contributed by atoms with Crippen LogP contribution in [0.5, 0.6) is 5.75 Å². The Morgan fingerprint density at radius 2 is 1.95 bits per heavy atom. The van der Waals surface area contributed by atoms with Crippen molar-refractivity contribution in [3.8, 4) is 5.75 Å². The van der Waals surface area contributed by atoms with Crippen molar-refractivity contribution in [3.05, 3.63) is 24.3 Å². The van der Waals surface area contributed by atoms with Crippen LogP contribution in [-0.4, -0.2) is 25.7 Å². The maximum absolute atomic E-state index is 11.2. The molecule has 0 spiro atoms. The molecule has 0 amide bonds. The Kier molecular flexibility index (Phi) is 6.79. The zero-order valence-electron chi connectivity index (χ0n) is 11.9. The number of carbonyl (C=O) groups excluding carboxylic acids is 1. The quantitative estimate of drug-likeness (QED) is 0.734. The number of hydrogen-bond donors (Lipinski definition) is 1. The summed E-state index contributed by atoms with van der Waals surface area (Å²) in [5.41, 5.74) is 0.973. The number of benzene rings is 1. The van der Waals surface area contributed by atoms with Gasteiger partial charge in [0.2, 0.25) is 0 Å². The topological polar surface area (TPSA) is 47.6 Å². The number of rotatable bonds is 8. The van der Waals surface area contributed by atoms with Gasteiger partial charge in [0, 0.05) is 12.2 Å². The van der Waals surface area contributed by atoms with Gasteiger partial charge in [0.25, 0.3) is 0 Å². The maximum Gasteiger partial charge on any atom is 0.307 e. The molecule has 0 radical (unpaired) electrons. The Morgan fingerprint density at radius 3 is 2.53 bits per heavy atom. The first kappa shape index (κ1) is 15.3. The standard InChI is InChI=1S/C15H23NO3/c1-4-18-15(17)9-10-16-13-5-7-14(8-6-13)19-11-12(2)3/h5-8,12,16H,4,9-11H2,1-3H3. The number of carbonyl (C=O) groups is 1. The Balaban J connectivity index is 2.30. The molecule has 0 aliphatic rings. The van der Waals surface area contributed by atoms with Crippen molar-refractivity contribution in [2.75, 3.05) is 25.1 Å². The van der Waals surface area contributed by atoms with E-state index in [-0.39, 0.29) is 5.97 Å². The van der Waals surface area contributed by atoms with Gasteiger partial charge in [0.05, 0.1) is 19.6 Å². The van der Waals surface area contributed by atoms with Gasteiger partial charge >= 0.3 is 5.97 Å². The zero-order valence-corrected chi connectivity index (χ0v) is 11.9. The molecule has 0 fully saturated rings. The summed E-state index contributed by atoms with van der Waals surface area (Å²) in [5, 5.41) is 3.17. The van der Waals surface area contributed by atoms with E-state index >= 15 is 0 Å². The lowest BCUT2D eigenvalue weighted by molar-refractivity contribution is -0.142. The van der Waals surface area contributed by atoms with Crippen LogP contribution >= 0.6 is 0 Å². The SMILES string of the molecule is CCOC(=O)CCNc1ccc(OCC(C)C)cc1. The minimum Gasteiger partial charge on any atom is -0.493 e. The summed E-state index contributed by atoms with van der Waals surface area (Å²) in [6, 6.07) is 7.74. The van der Waals surface area contributed by atoms with Gasteiger partial charge in [-0.25, -0.2) is 0 Å². The van der Waals surface area contributed by atoms with Crippen LogP contribution in [0.2, 0.25) is 0 Å². The predicted molar refractivity (Wildman–Crippen MR) is 76.5 cm³/mol. The van der Waals surface area contributed by atoms with Crippen molar-refractivity contribution in [1.29, 1.82) is 0 Å². The highest BCUT2D eigenvalue weighted by Crippen LogP contribution is 2.16. The summed E-state index contributed by atoms with van der Waals surface area (Å²) < 4.78 is 10.4. The Morgan fingerprint density at radius 1 is 1.26 bits per heavy atom. The normalized spacial score (nSPS) is 10.3. The number of ether oxygens (including phenoxy) is 2. The van der Waals surface area contributed by atoms with Crippen molar-refractivity contribution >= 4 is 11.7 Å². The fraction of sp³-hybridized carbons (Fsp3) is 0.533. The second kappa shape index (κ2) is 8.40. The number of esters is 1. The van der Waals surface area contributed by atoms with Crippen molar-refractivity contribution in [2.24, 2.45) is 5.92 Å². The molecule has 0 saturated heterocycles. The fourth-order valence-corrected chi connectivity index (χ4v) is 1.47. The highest BCUT2D eigenvalue weighted by Gasteiger charge is 2.01. The average molecular weight is 265 g/mol. The molecule has 0 unspecified atom stereocenters. The van der Waals surface area contributed by atoms with Crippen LogP contribution in [0.3, 0.4) is 0 Å². The third-order valence-corrected chi connectivity index (χ3v) is 2.40. The Hall–Kier alpha value is -1.71. The summed E-state index contributed by atoms with van der Waals surface area (Å²) in [4.78, 5) is 11.2. The molecule has 1 aromatic carbocycles. The van der Waals surface area contributed by atoms with Crippen molar-refractivity contribution < 1.29 is 14.3 Å². The van der Waals surface area contributed by atoms with E-state index in [1.165, 1.54) is 0 Å². The average Bonchev–Trinajstić information content (AvgIpc) is 2.38. The molecule has 1 rings (SSSR count). The van der Waals surface area contributed by atoms with Crippen LogP contribution in [0.4, 0.5) is 5.69 Å². The van der Waals surface area contributed by atoms with Gasteiger partial charge in [-0.05, 0) is 37.1 Å². The zero-order chi connectivity index (χ0) is 14.1. The number of anilines is 1. The van der Waals surface area contributed by atoms with Crippen LogP contribution in [0.25, 0.3) is 0 Å². The third-order valence-electron chi connectivity index (χ3n) is 2.40. The first-order valence-electron chi connectivity index (χ1n) is 6.74. The minimum atomic E-state index is -0.174. The van der Waals surface area contributed by atoms with Crippen LogP contribution in [0.15, 0.2) is 24.3 Å². The second-order valence-electron chi connectivity index (χ2n) is 4.71. The van der Waals surface area contributed by atoms with Crippen molar-refractivity contribution in [3.63, 3.8) is 0 Å². The van der Waals surface area contributed by atoms with E-state index in [0.717, 1.165) is 18.0 Å². The molecule has 106 valence electrons. The first-order chi connectivity index (χ1) is 9.11. The Bertz CT molecular complexity index is 373. The fourth-order valence-electron chi connectivity index (χ4n) is 1.47. The van der Waals surface area contributed by atoms with Crippen LogP contribution < -0.4 is 10.1 Å². The van der Waals surface area contributed by atoms with Crippen LogP contribution in [-0.2, 0) is 9.53 Å². The van der Waals surface area contributed by atoms with Gasteiger partial charge in [0.1, 0.15) is 5.75 Å². The van der Waals surface area contributed by atoms with Crippen molar-refractivity contribution in [2.45, 2.75) is 27.2 Å². The molecule has 0 aliphatic heterocycles. The monoisotopic (exact) mass is 265 g/mol. The Labute approximate surface area is 115 Å². The number of hydrogen-bond acceptors (Lipinski definition) is 4. The molecular weight excluding hydrogens is 242 g/mol. The molecule has 1 N–H and O–H groups in total. The molecule has 0 atom stereocenters. The predicted octanol–water partition coefficient (Wildman–Crippen LogP) is 3.09. The van der Waals surface area contributed by atoms with Gasteiger partial charge in [0.15, 0.2) is 0 Å². The van der Waals surface area contributed by atoms with Gasteiger partial charge in [-0.2, -0.15) is 0 Å². The summed E-state index contributed by atoms with van der Waals surface area (Å²) in [7, 11) is 0. The minimum absolute atomic E-state index is 0.174. The van der Waals surface area contributed by atoms with Crippen LogP contribution in [0, 0.1) is 5.92 Å². The van der Waals surface area contributed by atoms with Gasteiger partial charge < -0.3 is 14.8 Å². The van der Waals surface area contributed by atoms with E-state index in [2.05, 4.69) is 19.2 Å². The summed E-state index contributed by atoms with van der Waals surface area (Å²) in [6.45, 7) is 7.76. The molecule has 0 bridgehead atoms. The largest absolute Gasteiger partial charge is 0.493 e. The van der Waals surface area contributed by atoms with E-state index in [4.69, 9.17) is 9.47 Å². The van der Waals surface area contributed by atoms with E-state index in [9.17, 15) is 4.79 Å². The summed E-state index contributed by atoms with van der Waals surface area (Å²) in [5.74, 6) is 1.21. The van der Waals surface area contributed by atoms with Crippen LogP contribution in [0.1, 0.15) is 27.2 Å². The molecule has 4 nitrogen and oxygen atoms in total. The molecule has 0 aliphatic carbocycles. The highest BCUT2D eigenvalue weighted by atomic mass is 16.5. The maximum atomic E-state index is 11.2.